The molecule has 0 aliphatic heterocycles. The van der Waals surface area contributed by atoms with Gasteiger partial charge in [-0.3, -0.25) is 5.10 Å². The Labute approximate surface area is 134 Å². The summed E-state index contributed by atoms with van der Waals surface area (Å²) in [7, 11) is 0. The van der Waals surface area contributed by atoms with Crippen molar-refractivity contribution in [2.45, 2.75) is 6.92 Å². The summed E-state index contributed by atoms with van der Waals surface area (Å²) in [6.45, 7) is 2.06. The van der Waals surface area contributed by atoms with Gasteiger partial charge in [-0.15, -0.1) is 0 Å². The van der Waals surface area contributed by atoms with Crippen molar-refractivity contribution >= 4 is 10.8 Å². The molecule has 1 heterocycles. The molecule has 4 aromatic rings. The SMILES string of the molecule is Cc1ccc(-c2cc(-c3ccc4ccccc4c3O)[nH]n2)cc1. The van der Waals surface area contributed by atoms with E-state index >= 15 is 0 Å². The quantitative estimate of drug-likeness (QED) is 0.552. The third-order valence-electron chi connectivity index (χ3n) is 4.12. The molecule has 0 radical (unpaired) electrons. The molecule has 0 amide bonds. The number of H-pyrrole nitrogens is 1. The summed E-state index contributed by atoms with van der Waals surface area (Å²) >= 11 is 0. The number of aryl methyl sites for hydroxylation is 1. The lowest BCUT2D eigenvalue weighted by Gasteiger charge is -2.05. The molecule has 112 valence electrons. The number of phenols is 1. The lowest BCUT2D eigenvalue weighted by atomic mass is 10.0. The highest BCUT2D eigenvalue weighted by atomic mass is 16.3. The second-order valence-corrected chi connectivity index (χ2v) is 5.72. The van der Waals surface area contributed by atoms with E-state index in [0.717, 1.165) is 33.3 Å². The molecule has 0 saturated heterocycles. The van der Waals surface area contributed by atoms with Crippen LogP contribution in [0.4, 0.5) is 0 Å². The number of nitrogens with zero attached hydrogens (tertiary/aromatic N) is 1. The fraction of sp³-hybridized carbons (Fsp3) is 0.0500. The minimum Gasteiger partial charge on any atom is -0.507 e. The molecule has 1 aromatic heterocycles. The Bertz CT molecular complexity index is 984. The van der Waals surface area contributed by atoms with Crippen LogP contribution >= 0.6 is 0 Å². The van der Waals surface area contributed by atoms with Gasteiger partial charge in [0.15, 0.2) is 0 Å². The largest absolute Gasteiger partial charge is 0.507 e. The van der Waals surface area contributed by atoms with Gasteiger partial charge >= 0.3 is 0 Å². The molecule has 0 atom stereocenters. The Morgan fingerprint density at radius 3 is 2.52 bits per heavy atom. The number of fused-ring (bicyclic) bond motifs is 1. The maximum absolute atomic E-state index is 10.6. The van der Waals surface area contributed by atoms with Crippen LogP contribution in [-0.2, 0) is 0 Å². The van der Waals surface area contributed by atoms with Gasteiger partial charge in [0.05, 0.1) is 11.4 Å². The van der Waals surface area contributed by atoms with Crippen molar-refractivity contribution in [2.24, 2.45) is 0 Å². The fourth-order valence-electron chi connectivity index (χ4n) is 2.80. The van der Waals surface area contributed by atoms with E-state index in [4.69, 9.17) is 0 Å². The molecule has 0 aliphatic carbocycles. The maximum Gasteiger partial charge on any atom is 0.132 e. The monoisotopic (exact) mass is 300 g/mol. The van der Waals surface area contributed by atoms with Crippen LogP contribution in [0.2, 0.25) is 0 Å². The summed E-state index contributed by atoms with van der Waals surface area (Å²) in [5, 5.41) is 19.8. The Morgan fingerprint density at radius 1 is 0.913 bits per heavy atom. The second-order valence-electron chi connectivity index (χ2n) is 5.72. The number of hydrogen-bond donors (Lipinski definition) is 2. The first-order valence-corrected chi connectivity index (χ1v) is 7.56. The standard InChI is InChI=1S/C20H16N2O/c1-13-6-8-15(9-7-13)18-12-19(22-21-18)17-11-10-14-4-2-3-5-16(14)20(17)23/h2-12,23H,1H3,(H,21,22). The lowest BCUT2D eigenvalue weighted by Crippen LogP contribution is -1.81. The number of benzene rings is 3. The first-order valence-electron chi connectivity index (χ1n) is 7.56. The highest BCUT2D eigenvalue weighted by molar-refractivity contribution is 5.94. The van der Waals surface area contributed by atoms with Gasteiger partial charge in [-0.25, -0.2) is 0 Å². The smallest absolute Gasteiger partial charge is 0.132 e. The lowest BCUT2D eigenvalue weighted by molar-refractivity contribution is 0.483. The molecular formula is C20H16N2O. The van der Waals surface area contributed by atoms with Crippen molar-refractivity contribution in [1.82, 2.24) is 10.2 Å². The molecule has 0 saturated carbocycles. The molecule has 2 N–H and O–H groups in total. The van der Waals surface area contributed by atoms with Crippen LogP contribution in [0.25, 0.3) is 33.3 Å². The van der Waals surface area contributed by atoms with Crippen LogP contribution in [0.5, 0.6) is 5.75 Å². The van der Waals surface area contributed by atoms with E-state index in [9.17, 15) is 5.11 Å². The number of phenolic OH excluding ortho intramolecular Hbond substituents is 1. The van der Waals surface area contributed by atoms with E-state index in [-0.39, 0.29) is 5.75 Å². The molecule has 3 heteroatoms. The number of aromatic nitrogens is 2. The molecule has 23 heavy (non-hydrogen) atoms. The minimum atomic E-state index is 0.280. The van der Waals surface area contributed by atoms with Gasteiger partial charge in [-0.1, -0.05) is 60.2 Å². The molecular weight excluding hydrogens is 284 g/mol. The van der Waals surface area contributed by atoms with Crippen molar-refractivity contribution in [3.05, 3.63) is 72.3 Å². The molecule has 0 bridgehead atoms. The predicted octanol–water partition coefficient (Wildman–Crippen LogP) is 4.91. The van der Waals surface area contributed by atoms with Crippen molar-refractivity contribution in [3.63, 3.8) is 0 Å². The predicted molar refractivity (Wildman–Crippen MR) is 93.4 cm³/mol. The molecule has 4 rings (SSSR count). The summed E-state index contributed by atoms with van der Waals surface area (Å²) in [6, 6.07) is 21.9. The minimum absolute atomic E-state index is 0.280. The fourth-order valence-corrected chi connectivity index (χ4v) is 2.80. The van der Waals surface area contributed by atoms with E-state index in [1.54, 1.807) is 0 Å². The highest BCUT2D eigenvalue weighted by Gasteiger charge is 2.11. The Morgan fingerprint density at radius 2 is 1.70 bits per heavy atom. The van der Waals surface area contributed by atoms with Gasteiger partial charge in [-0.2, -0.15) is 5.10 Å². The second kappa shape index (κ2) is 5.29. The van der Waals surface area contributed by atoms with Gasteiger partial charge in [0, 0.05) is 16.5 Å². The molecule has 3 nitrogen and oxygen atoms in total. The molecule has 0 fully saturated rings. The zero-order chi connectivity index (χ0) is 15.8. The molecule has 3 aromatic carbocycles. The normalized spacial score (nSPS) is 11.0. The maximum atomic E-state index is 10.6. The average molecular weight is 300 g/mol. The van der Waals surface area contributed by atoms with E-state index in [0.29, 0.717) is 0 Å². The number of rotatable bonds is 2. The summed E-state index contributed by atoms with van der Waals surface area (Å²) in [4.78, 5) is 0. The average Bonchev–Trinajstić information content (AvgIpc) is 3.06. The van der Waals surface area contributed by atoms with Crippen molar-refractivity contribution < 1.29 is 5.11 Å². The Hall–Kier alpha value is -3.07. The van der Waals surface area contributed by atoms with Crippen LogP contribution in [0.3, 0.4) is 0 Å². The van der Waals surface area contributed by atoms with E-state index in [1.807, 2.05) is 42.5 Å². The van der Waals surface area contributed by atoms with Crippen LogP contribution in [0.1, 0.15) is 5.56 Å². The van der Waals surface area contributed by atoms with Gasteiger partial charge < -0.3 is 5.11 Å². The van der Waals surface area contributed by atoms with E-state index < -0.39 is 0 Å². The van der Waals surface area contributed by atoms with Gasteiger partial charge in [0.2, 0.25) is 0 Å². The summed E-state index contributed by atoms with van der Waals surface area (Å²) in [5.74, 6) is 0.280. The molecule has 0 unspecified atom stereocenters. The first-order chi connectivity index (χ1) is 11.2. The first kappa shape index (κ1) is 13.6. The summed E-state index contributed by atoms with van der Waals surface area (Å²) in [5.41, 5.74) is 4.71. The molecule has 0 aliphatic rings. The third kappa shape index (κ3) is 2.36. The van der Waals surface area contributed by atoms with E-state index in [1.165, 1.54) is 5.56 Å². The van der Waals surface area contributed by atoms with Gasteiger partial charge in [-0.05, 0) is 24.4 Å². The van der Waals surface area contributed by atoms with Crippen molar-refractivity contribution in [3.8, 4) is 28.3 Å². The van der Waals surface area contributed by atoms with Crippen LogP contribution in [0.15, 0.2) is 66.7 Å². The highest BCUT2D eigenvalue weighted by Crippen LogP contribution is 2.36. The van der Waals surface area contributed by atoms with Crippen molar-refractivity contribution in [2.75, 3.05) is 0 Å². The summed E-state index contributed by atoms with van der Waals surface area (Å²) < 4.78 is 0. The van der Waals surface area contributed by atoms with Crippen LogP contribution < -0.4 is 0 Å². The topological polar surface area (TPSA) is 48.9 Å². The zero-order valence-corrected chi connectivity index (χ0v) is 12.7. The van der Waals surface area contributed by atoms with Gasteiger partial charge in [0.1, 0.15) is 5.75 Å². The van der Waals surface area contributed by atoms with Crippen LogP contribution in [-0.4, -0.2) is 15.3 Å². The van der Waals surface area contributed by atoms with Gasteiger partial charge in [0.25, 0.3) is 0 Å². The number of hydrogen-bond acceptors (Lipinski definition) is 2. The third-order valence-corrected chi connectivity index (χ3v) is 4.12. The van der Waals surface area contributed by atoms with E-state index in [2.05, 4.69) is 41.4 Å². The molecule has 0 spiro atoms. The summed E-state index contributed by atoms with van der Waals surface area (Å²) in [6.07, 6.45) is 0. The zero-order valence-electron chi connectivity index (χ0n) is 12.7. The van der Waals surface area contributed by atoms with Crippen molar-refractivity contribution in [1.29, 1.82) is 0 Å². The Kier molecular flexibility index (Phi) is 3.12. The number of aromatic amines is 1. The Balaban J connectivity index is 1.80. The number of nitrogens with one attached hydrogen (secondary N) is 1. The number of aromatic hydroxyl groups is 1. The van der Waals surface area contributed by atoms with Crippen LogP contribution in [0, 0.1) is 6.92 Å².